The van der Waals surface area contributed by atoms with Crippen molar-refractivity contribution in [1.82, 2.24) is 15.0 Å². The molecule has 0 aliphatic carbocycles. The molecule has 0 fully saturated rings. The summed E-state index contributed by atoms with van der Waals surface area (Å²) in [7, 11) is 0. The maximum absolute atomic E-state index is 8.92. The van der Waals surface area contributed by atoms with Gasteiger partial charge >= 0.3 is 0 Å². The molecule has 5 nitrogen and oxygen atoms in total. The van der Waals surface area contributed by atoms with Gasteiger partial charge < -0.3 is 9.63 Å². The lowest BCUT2D eigenvalue weighted by atomic mass is 10.3. The van der Waals surface area contributed by atoms with Crippen LogP contribution in [0.4, 0.5) is 0 Å². The molecule has 16 heavy (non-hydrogen) atoms. The van der Waals surface area contributed by atoms with E-state index in [-0.39, 0.29) is 6.61 Å². The van der Waals surface area contributed by atoms with Crippen molar-refractivity contribution in [2.24, 2.45) is 0 Å². The zero-order valence-corrected chi connectivity index (χ0v) is 10.1. The molecule has 1 rings (SSSR count). The zero-order chi connectivity index (χ0) is 11.8. The molecule has 1 aromatic rings. The predicted octanol–water partition coefficient (Wildman–Crippen LogP) is 1.23. The maximum Gasteiger partial charge on any atom is 0.240 e. The number of aliphatic hydroxyl groups is 1. The summed E-state index contributed by atoms with van der Waals surface area (Å²) >= 11 is 0. The topological polar surface area (TPSA) is 62.4 Å². The molecule has 1 heterocycles. The molecule has 0 aliphatic rings. The van der Waals surface area contributed by atoms with E-state index in [1.54, 1.807) is 0 Å². The molecule has 0 spiro atoms. The SMILES string of the molecule is CCCc1noc(CN(CCC)CCO)n1. The number of rotatable bonds is 8. The molecular formula is C11H21N3O2. The smallest absolute Gasteiger partial charge is 0.240 e. The molecule has 0 atom stereocenters. The summed E-state index contributed by atoms with van der Waals surface area (Å²) in [6.07, 6.45) is 2.93. The molecular weight excluding hydrogens is 206 g/mol. The van der Waals surface area contributed by atoms with Crippen LogP contribution in [0.25, 0.3) is 0 Å². The van der Waals surface area contributed by atoms with Crippen LogP contribution in [0.5, 0.6) is 0 Å². The number of aliphatic hydroxyl groups excluding tert-OH is 1. The van der Waals surface area contributed by atoms with Gasteiger partial charge in [-0.15, -0.1) is 0 Å². The summed E-state index contributed by atoms with van der Waals surface area (Å²) in [5.74, 6) is 1.42. The number of hydrogen-bond acceptors (Lipinski definition) is 5. The van der Waals surface area contributed by atoms with Crippen LogP contribution in [-0.2, 0) is 13.0 Å². The predicted molar refractivity (Wildman–Crippen MR) is 60.9 cm³/mol. The normalized spacial score (nSPS) is 11.2. The third-order valence-corrected chi connectivity index (χ3v) is 2.30. The number of hydrogen-bond donors (Lipinski definition) is 1. The first-order valence-electron chi connectivity index (χ1n) is 5.94. The summed E-state index contributed by atoms with van der Waals surface area (Å²) in [4.78, 5) is 6.42. The molecule has 0 saturated heterocycles. The van der Waals surface area contributed by atoms with Gasteiger partial charge in [-0.2, -0.15) is 4.98 Å². The van der Waals surface area contributed by atoms with E-state index in [1.165, 1.54) is 0 Å². The number of aromatic nitrogens is 2. The highest BCUT2D eigenvalue weighted by molar-refractivity contribution is 4.86. The number of aryl methyl sites for hydroxylation is 1. The Hall–Kier alpha value is -0.940. The second-order valence-electron chi connectivity index (χ2n) is 3.85. The van der Waals surface area contributed by atoms with Gasteiger partial charge in [-0.3, -0.25) is 4.90 Å². The van der Waals surface area contributed by atoms with Gasteiger partial charge in [-0.1, -0.05) is 19.0 Å². The van der Waals surface area contributed by atoms with Crippen LogP contribution in [-0.4, -0.2) is 39.8 Å². The monoisotopic (exact) mass is 227 g/mol. The average Bonchev–Trinajstić information content (AvgIpc) is 2.67. The Morgan fingerprint density at radius 2 is 2.06 bits per heavy atom. The summed E-state index contributed by atoms with van der Waals surface area (Å²) in [5, 5.41) is 12.8. The van der Waals surface area contributed by atoms with Crippen molar-refractivity contribution < 1.29 is 9.63 Å². The van der Waals surface area contributed by atoms with E-state index in [2.05, 4.69) is 28.9 Å². The van der Waals surface area contributed by atoms with Gasteiger partial charge in [0.1, 0.15) is 0 Å². The van der Waals surface area contributed by atoms with Gasteiger partial charge in [0.05, 0.1) is 13.2 Å². The van der Waals surface area contributed by atoms with E-state index >= 15 is 0 Å². The van der Waals surface area contributed by atoms with Crippen LogP contribution in [0.15, 0.2) is 4.52 Å². The van der Waals surface area contributed by atoms with Crippen molar-refractivity contribution in [2.75, 3.05) is 19.7 Å². The van der Waals surface area contributed by atoms with Gasteiger partial charge in [0.25, 0.3) is 0 Å². The van der Waals surface area contributed by atoms with Crippen LogP contribution in [0.1, 0.15) is 38.4 Å². The first-order valence-corrected chi connectivity index (χ1v) is 5.94. The minimum absolute atomic E-state index is 0.163. The third kappa shape index (κ3) is 4.28. The van der Waals surface area contributed by atoms with E-state index in [0.717, 1.165) is 31.6 Å². The first kappa shape index (κ1) is 13.1. The lowest BCUT2D eigenvalue weighted by molar-refractivity contribution is 0.174. The second kappa shape index (κ2) is 7.35. The molecule has 0 saturated carbocycles. The average molecular weight is 227 g/mol. The number of nitrogens with zero attached hydrogens (tertiary/aromatic N) is 3. The van der Waals surface area contributed by atoms with Crippen LogP contribution >= 0.6 is 0 Å². The van der Waals surface area contributed by atoms with E-state index in [0.29, 0.717) is 19.0 Å². The van der Waals surface area contributed by atoms with E-state index in [1.807, 2.05) is 0 Å². The van der Waals surface area contributed by atoms with Crippen LogP contribution in [0.2, 0.25) is 0 Å². The van der Waals surface area contributed by atoms with Crippen molar-refractivity contribution in [3.63, 3.8) is 0 Å². The Kier molecular flexibility index (Phi) is 6.03. The standard InChI is InChI=1S/C11H21N3O2/c1-3-5-10-12-11(16-13-10)9-14(6-4-2)7-8-15/h15H,3-9H2,1-2H3. The molecule has 1 aromatic heterocycles. The summed E-state index contributed by atoms with van der Waals surface area (Å²) < 4.78 is 5.16. The Bertz CT molecular complexity index is 283. The van der Waals surface area contributed by atoms with E-state index in [9.17, 15) is 0 Å². The summed E-state index contributed by atoms with van der Waals surface area (Å²) in [6, 6.07) is 0. The van der Waals surface area contributed by atoms with Crippen LogP contribution < -0.4 is 0 Å². The fourth-order valence-corrected chi connectivity index (χ4v) is 1.60. The Morgan fingerprint density at radius 3 is 2.69 bits per heavy atom. The van der Waals surface area contributed by atoms with E-state index < -0.39 is 0 Å². The van der Waals surface area contributed by atoms with Crippen molar-refractivity contribution >= 4 is 0 Å². The molecule has 0 aromatic carbocycles. The van der Waals surface area contributed by atoms with Gasteiger partial charge in [0.15, 0.2) is 5.82 Å². The minimum Gasteiger partial charge on any atom is -0.395 e. The van der Waals surface area contributed by atoms with Crippen LogP contribution in [0.3, 0.4) is 0 Å². The van der Waals surface area contributed by atoms with Gasteiger partial charge in [0.2, 0.25) is 5.89 Å². The molecule has 5 heteroatoms. The fourth-order valence-electron chi connectivity index (χ4n) is 1.60. The lowest BCUT2D eigenvalue weighted by Gasteiger charge is -2.17. The third-order valence-electron chi connectivity index (χ3n) is 2.30. The highest BCUT2D eigenvalue weighted by Gasteiger charge is 2.10. The largest absolute Gasteiger partial charge is 0.395 e. The van der Waals surface area contributed by atoms with Crippen molar-refractivity contribution in [3.8, 4) is 0 Å². The van der Waals surface area contributed by atoms with Crippen molar-refractivity contribution in [3.05, 3.63) is 11.7 Å². The molecule has 1 N–H and O–H groups in total. The highest BCUT2D eigenvalue weighted by atomic mass is 16.5. The Labute approximate surface area is 96.5 Å². The minimum atomic E-state index is 0.163. The Balaban J connectivity index is 2.48. The van der Waals surface area contributed by atoms with Gasteiger partial charge in [0, 0.05) is 13.0 Å². The Morgan fingerprint density at radius 1 is 1.25 bits per heavy atom. The first-order chi connectivity index (χ1) is 7.80. The van der Waals surface area contributed by atoms with Crippen molar-refractivity contribution in [1.29, 1.82) is 0 Å². The zero-order valence-electron chi connectivity index (χ0n) is 10.1. The fraction of sp³-hybridized carbons (Fsp3) is 0.818. The van der Waals surface area contributed by atoms with Gasteiger partial charge in [-0.05, 0) is 19.4 Å². The lowest BCUT2D eigenvalue weighted by Crippen LogP contribution is -2.27. The molecule has 0 unspecified atom stereocenters. The second-order valence-corrected chi connectivity index (χ2v) is 3.85. The summed E-state index contributed by atoms with van der Waals surface area (Å²) in [5.41, 5.74) is 0. The molecule has 0 radical (unpaired) electrons. The molecule has 92 valence electrons. The molecule has 0 aliphatic heterocycles. The highest BCUT2D eigenvalue weighted by Crippen LogP contribution is 2.04. The van der Waals surface area contributed by atoms with E-state index in [4.69, 9.17) is 9.63 Å². The van der Waals surface area contributed by atoms with Gasteiger partial charge in [-0.25, -0.2) is 0 Å². The molecule has 0 bridgehead atoms. The summed E-state index contributed by atoms with van der Waals surface area (Å²) in [6.45, 7) is 6.58. The maximum atomic E-state index is 8.92. The molecule has 0 amide bonds. The van der Waals surface area contributed by atoms with Crippen molar-refractivity contribution in [2.45, 2.75) is 39.7 Å². The quantitative estimate of drug-likeness (QED) is 0.723. The van der Waals surface area contributed by atoms with Crippen LogP contribution in [0, 0.1) is 0 Å².